The summed E-state index contributed by atoms with van der Waals surface area (Å²) in [4.78, 5) is 46.9. The number of Topliss-reactive ketones (excluding diaryl/α,β-unsaturated/α-hetero) is 1. The fourth-order valence-electron chi connectivity index (χ4n) is 6.69. The van der Waals surface area contributed by atoms with E-state index in [4.69, 9.17) is 22.0 Å². The maximum absolute atomic E-state index is 13.9. The predicted molar refractivity (Wildman–Crippen MR) is 161 cm³/mol. The van der Waals surface area contributed by atoms with E-state index < -0.39 is 23.4 Å². The number of amides is 1. The highest BCUT2D eigenvalue weighted by Crippen LogP contribution is 2.58. The molecule has 42 heavy (non-hydrogen) atoms. The number of ether oxygens (including phenoxy) is 4. The highest BCUT2D eigenvalue weighted by Gasteiger charge is 2.62. The molecule has 2 saturated carbocycles. The average Bonchev–Trinajstić information content (AvgIpc) is 3.29. The minimum atomic E-state index is -0.854. The molecule has 11 heteroatoms. The lowest BCUT2D eigenvalue weighted by atomic mass is 9.84. The Bertz CT molecular complexity index is 1430. The summed E-state index contributed by atoms with van der Waals surface area (Å²) < 4.78 is 28.7. The molecule has 0 unspecified atom stereocenters. The summed E-state index contributed by atoms with van der Waals surface area (Å²) in [6.45, 7) is 3.04. The molecule has 2 aliphatic carbocycles. The molecule has 0 spiro atoms. The second-order valence-electron chi connectivity index (χ2n) is 11.7. The number of hydrogen-bond donors (Lipinski definition) is 0. The van der Waals surface area contributed by atoms with E-state index in [0.717, 1.165) is 24.6 Å². The number of allylic oxidation sites excluding steroid dienone is 2. The standard InChI is InChI=1S/C31H35IN2O8/c1-3-38-26-14-25(20-9-10-24-28(27(20)33-26)40-17-39-24)41-19-12-21-22(13-19)29(36)34(2)11-7-5-4-6-8-18-15-31(18,16-23(21)35)30(37)42-32/h6,8-10,14,18-19,21-22H,3-5,7,11-13,15-17H2,1-2H3/b8-6-/t18-,19-,21-,22-,31-/m1/s1. The van der Waals surface area contributed by atoms with E-state index in [0.29, 0.717) is 61.1 Å². The van der Waals surface area contributed by atoms with Crippen molar-refractivity contribution in [3.63, 3.8) is 0 Å². The first kappa shape index (κ1) is 29.0. The van der Waals surface area contributed by atoms with Crippen LogP contribution in [-0.2, 0) is 17.4 Å². The molecule has 1 aromatic heterocycles. The number of nitrogens with zero attached hydrogens (tertiary/aromatic N) is 2. The second kappa shape index (κ2) is 11.9. The zero-order chi connectivity index (χ0) is 29.4. The van der Waals surface area contributed by atoms with E-state index in [2.05, 4.69) is 17.1 Å². The van der Waals surface area contributed by atoms with Crippen LogP contribution in [0.15, 0.2) is 30.4 Å². The molecule has 0 saturated heterocycles. The Hall–Kier alpha value is -3.09. The van der Waals surface area contributed by atoms with Crippen LogP contribution in [0.2, 0.25) is 0 Å². The van der Waals surface area contributed by atoms with E-state index in [1.54, 1.807) is 41.0 Å². The quantitative estimate of drug-likeness (QED) is 0.309. The number of halogens is 1. The largest absolute Gasteiger partial charge is 0.489 e. The average molecular weight is 691 g/mol. The Morgan fingerprint density at radius 2 is 2.02 bits per heavy atom. The summed E-state index contributed by atoms with van der Waals surface area (Å²) >= 11 is 1.61. The lowest BCUT2D eigenvalue weighted by Gasteiger charge is -2.25. The van der Waals surface area contributed by atoms with Gasteiger partial charge in [-0.05, 0) is 63.5 Å². The first-order chi connectivity index (χ1) is 20.3. The smallest absolute Gasteiger partial charge is 0.322 e. The minimum absolute atomic E-state index is 0.0231. The molecule has 4 aliphatic rings. The third-order valence-electron chi connectivity index (χ3n) is 9.05. The topological polar surface area (TPSA) is 113 Å². The molecule has 10 nitrogen and oxygen atoms in total. The fraction of sp³-hybridized carbons (Fsp3) is 0.548. The third kappa shape index (κ3) is 5.40. The van der Waals surface area contributed by atoms with Crippen molar-refractivity contribution in [3.8, 4) is 23.1 Å². The second-order valence-corrected chi connectivity index (χ2v) is 12.1. The van der Waals surface area contributed by atoms with Crippen molar-refractivity contribution < 1.29 is 36.4 Å². The molecule has 2 fully saturated rings. The van der Waals surface area contributed by atoms with Gasteiger partial charge < -0.3 is 26.9 Å². The monoisotopic (exact) mass is 690 g/mol. The van der Waals surface area contributed by atoms with Gasteiger partial charge in [0.15, 0.2) is 34.5 Å². The summed E-state index contributed by atoms with van der Waals surface area (Å²) in [5, 5.41) is 0.729. The molecule has 0 bridgehead atoms. The molecule has 1 aromatic carbocycles. The number of carbonyl (C=O) groups is 3. The number of benzene rings is 1. The van der Waals surface area contributed by atoms with Gasteiger partial charge in [0.1, 0.15) is 23.2 Å². The van der Waals surface area contributed by atoms with Gasteiger partial charge in [0.05, 0.1) is 17.9 Å². The van der Waals surface area contributed by atoms with Crippen LogP contribution in [0.4, 0.5) is 0 Å². The maximum atomic E-state index is 13.9. The van der Waals surface area contributed by atoms with Crippen LogP contribution < -0.4 is 18.9 Å². The van der Waals surface area contributed by atoms with Crippen molar-refractivity contribution in [3.05, 3.63) is 30.4 Å². The number of hydrogen-bond acceptors (Lipinski definition) is 9. The summed E-state index contributed by atoms with van der Waals surface area (Å²) in [5.74, 6) is 0.454. The van der Waals surface area contributed by atoms with Gasteiger partial charge in [-0.2, -0.15) is 0 Å². The van der Waals surface area contributed by atoms with E-state index in [-0.39, 0.29) is 36.8 Å². The molecule has 6 rings (SSSR count). The van der Waals surface area contributed by atoms with E-state index in [1.165, 1.54) is 0 Å². The van der Waals surface area contributed by atoms with E-state index in [1.807, 2.05) is 19.1 Å². The van der Waals surface area contributed by atoms with Crippen LogP contribution in [0.5, 0.6) is 23.1 Å². The fourth-order valence-corrected chi connectivity index (χ4v) is 7.13. The van der Waals surface area contributed by atoms with Crippen molar-refractivity contribution in [2.45, 2.75) is 58.0 Å². The molecular formula is C31H35IN2O8. The van der Waals surface area contributed by atoms with Crippen molar-refractivity contribution in [2.75, 3.05) is 27.0 Å². The summed E-state index contributed by atoms with van der Waals surface area (Å²) in [6.07, 6.45) is 7.85. The van der Waals surface area contributed by atoms with E-state index >= 15 is 0 Å². The first-order valence-corrected chi connectivity index (χ1v) is 15.5. The Morgan fingerprint density at radius 3 is 2.83 bits per heavy atom. The van der Waals surface area contributed by atoms with Crippen LogP contribution in [0.1, 0.15) is 51.9 Å². The van der Waals surface area contributed by atoms with Gasteiger partial charge in [-0.15, -0.1) is 0 Å². The number of rotatable bonds is 5. The van der Waals surface area contributed by atoms with Gasteiger partial charge in [-0.3, -0.25) is 14.4 Å². The molecule has 2 aromatic rings. The Labute approximate surface area is 258 Å². The van der Waals surface area contributed by atoms with Crippen molar-refractivity contribution in [1.29, 1.82) is 0 Å². The predicted octanol–water partition coefficient (Wildman–Crippen LogP) is 5.19. The lowest BCUT2D eigenvalue weighted by Crippen LogP contribution is -2.38. The van der Waals surface area contributed by atoms with Crippen LogP contribution in [-0.4, -0.2) is 60.6 Å². The number of carbonyl (C=O) groups excluding carboxylic acids is 3. The van der Waals surface area contributed by atoms with Gasteiger partial charge in [-0.25, -0.2) is 4.98 Å². The SMILES string of the molecule is CCOc1cc(O[C@@H]2C[C@H]3C(=O)C[C@]4(C(=O)OI)C[C@H]4/C=C\CCCCN(C)C(=O)[C@@H]3C2)c2ccc3c(c2n1)OCO3. The summed E-state index contributed by atoms with van der Waals surface area (Å²) in [6, 6.07) is 5.44. The molecule has 3 heterocycles. The molecule has 224 valence electrons. The van der Waals surface area contributed by atoms with Crippen molar-refractivity contribution >= 4 is 51.6 Å². The Kier molecular flexibility index (Phi) is 8.21. The maximum Gasteiger partial charge on any atom is 0.322 e. The van der Waals surface area contributed by atoms with Crippen molar-refractivity contribution in [1.82, 2.24) is 9.88 Å². The summed E-state index contributed by atoms with van der Waals surface area (Å²) in [5.41, 5.74) is -0.283. The van der Waals surface area contributed by atoms with Crippen molar-refractivity contribution in [2.24, 2.45) is 23.2 Å². The number of pyridine rings is 1. The molecule has 0 N–H and O–H groups in total. The molecule has 2 aliphatic heterocycles. The Morgan fingerprint density at radius 1 is 1.19 bits per heavy atom. The van der Waals surface area contributed by atoms with Gasteiger partial charge >= 0.3 is 5.97 Å². The van der Waals surface area contributed by atoms with E-state index in [9.17, 15) is 14.4 Å². The molecule has 5 atom stereocenters. The van der Waals surface area contributed by atoms with Gasteiger partial charge in [0, 0.05) is 37.4 Å². The highest BCUT2D eigenvalue weighted by molar-refractivity contribution is 14.1. The van der Waals surface area contributed by atoms with Crippen LogP contribution in [0.3, 0.4) is 0 Å². The summed E-state index contributed by atoms with van der Waals surface area (Å²) in [7, 11) is 1.80. The lowest BCUT2D eigenvalue weighted by molar-refractivity contribution is -0.143. The minimum Gasteiger partial charge on any atom is -0.489 e. The first-order valence-electron chi connectivity index (χ1n) is 14.6. The molecular weight excluding hydrogens is 655 g/mol. The third-order valence-corrected chi connectivity index (χ3v) is 9.45. The molecule has 1 amide bonds. The number of fused-ring (bicyclic) bond motifs is 5. The zero-order valence-electron chi connectivity index (χ0n) is 23.8. The molecule has 0 radical (unpaired) electrons. The van der Waals surface area contributed by atoms with Crippen LogP contribution in [0.25, 0.3) is 10.9 Å². The zero-order valence-corrected chi connectivity index (χ0v) is 26.0. The van der Waals surface area contributed by atoms with Gasteiger partial charge in [-0.1, -0.05) is 12.2 Å². The van der Waals surface area contributed by atoms with Crippen LogP contribution in [0, 0.1) is 23.2 Å². The highest BCUT2D eigenvalue weighted by atomic mass is 127. The Balaban J connectivity index is 1.31. The number of aromatic nitrogens is 1. The van der Waals surface area contributed by atoms with Gasteiger partial charge in [0.25, 0.3) is 0 Å². The van der Waals surface area contributed by atoms with Gasteiger partial charge in [0.2, 0.25) is 18.6 Å². The number of ketones is 1. The van der Waals surface area contributed by atoms with Crippen LogP contribution >= 0.6 is 23.0 Å². The normalized spacial score (nSPS) is 29.8.